The van der Waals surface area contributed by atoms with E-state index in [1.807, 2.05) is 6.21 Å². The average Bonchev–Trinajstić information content (AvgIpc) is 2.53. The molecule has 0 aromatic heterocycles. The van der Waals surface area contributed by atoms with Crippen molar-refractivity contribution in [3.63, 3.8) is 0 Å². The molecule has 129 valence electrons. The predicted molar refractivity (Wildman–Crippen MR) is 110 cm³/mol. The second-order valence-electron chi connectivity index (χ2n) is 6.78. The zero-order valence-corrected chi connectivity index (χ0v) is 17.8. The maximum Gasteiger partial charge on any atom is -0.147 e. The van der Waals surface area contributed by atoms with Gasteiger partial charge in [0.25, 0.3) is 0 Å². The van der Waals surface area contributed by atoms with Crippen LogP contribution < -0.4 is 3.87 Å². The topological polar surface area (TPSA) is 12.4 Å². The number of hydrogen-bond donors (Lipinski definition) is 0. The Morgan fingerprint density at radius 2 is 1.48 bits per heavy atom. The third-order valence-corrected chi connectivity index (χ3v) is 4.89. The molecule has 0 radical (unpaired) electrons. The Labute approximate surface area is 174 Å². The van der Waals surface area contributed by atoms with E-state index in [2.05, 4.69) is 102 Å². The Morgan fingerprint density at radius 1 is 0.840 bits per heavy atom. The fourth-order valence-electron chi connectivity index (χ4n) is 2.76. The van der Waals surface area contributed by atoms with Gasteiger partial charge < -0.3 is 0 Å². The van der Waals surface area contributed by atoms with Gasteiger partial charge in [0, 0.05) is 0 Å². The minimum absolute atomic E-state index is 0. The SMILES string of the molecule is CC(C)(C)c1cccc(C=Nc2cccc3ccccc23)[c]1[Ti].Cl.Cl. The van der Waals surface area contributed by atoms with Crippen LogP contribution in [0.2, 0.25) is 0 Å². The van der Waals surface area contributed by atoms with E-state index < -0.39 is 0 Å². The van der Waals surface area contributed by atoms with Crippen LogP contribution in [0.15, 0.2) is 65.7 Å². The molecule has 3 rings (SSSR count). The second-order valence-corrected chi connectivity index (χ2v) is 7.56. The van der Waals surface area contributed by atoms with Crippen molar-refractivity contribution in [2.24, 2.45) is 4.99 Å². The molecule has 0 aliphatic rings. The summed E-state index contributed by atoms with van der Waals surface area (Å²) in [7, 11) is 0. The van der Waals surface area contributed by atoms with Crippen molar-refractivity contribution in [3.05, 3.63) is 71.8 Å². The Kier molecular flexibility index (Phi) is 7.90. The first-order valence-electron chi connectivity index (χ1n) is 7.84. The van der Waals surface area contributed by atoms with Crippen LogP contribution in [0.3, 0.4) is 0 Å². The summed E-state index contributed by atoms with van der Waals surface area (Å²) in [6.07, 6.45) is 1.99. The van der Waals surface area contributed by atoms with Crippen LogP contribution in [0, 0.1) is 0 Å². The van der Waals surface area contributed by atoms with Gasteiger partial charge in [0.15, 0.2) is 0 Å². The van der Waals surface area contributed by atoms with Crippen LogP contribution in [0.4, 0.5) is 5.69 Å². The van der Waals surface area contributed by atoms with E-state index in [1.54, 1.807) is 0 Å². The number of fused-ring (bicyclic) bond motifs is 1. The van der Waals surface area contributed by atoms with Gasteiger partial charge in [-0.2, -0.15) is 0 Å². The summed E-state index contributed by atoms with van der Waals surface area (Å²) in [4.78, 5) is 4.76. The Morgan fingerprint density at radius 3 is 2.20 bits per heavy atom. The van der Waals surface area contributed by atoms with E-state index in [9.17, 15) is 0 Å². The van der Waals surface area contributed by atoms with Gasteiger partial charge in [-0.05, 0) is 0 Å². The predicted octanol–water partition coefficient (Wildman–Crippen LogP) is 5.90. The molecule has 0 amide bonds. The molecule has 3 aromatic carbocycles. The van der Waals surface area contributed by atoms with Gasteiger partial charge in [-0.15, -0.1) is 24.8 Å². The van der Waals surface area contributed by atoms with Crippen LogP contribution >= 0.6 is 24.8 Å². The molecule has 0 bridgehead atoms. The van der Waals surface area contributed by atoms with Crippen molar-refractivity contribution in [1.82, 2.24) is 0 Å². The number of nitrogens with zero attached hydrogens (tertiary/aromatic N) is 1. The monoisotopic (exact) mass is 406 g/mol. The molecule has 0 aliphatic carbocycles. The molecule has 1 nitrogen and oxygen atoms in total. The normalized spacial score (nSPS) is 11.1. The van der Waals surface area contributed by atoms with Gasteiger partial charge >= 0.3 is 150 Å². The first-order valence-corrected chi connectivity index (χ1v) is 8.62. The van der Waals surface area contributed by atoms with Crippen LogP contribution in [0.5, 0.6) is 0 Å². The Bertz CT molecular complexity index is 877. The summed E-state index contributed by atoms with van der Waals surface area (Å²) < 4.78 is 1.31. The number of aliphatic imine (C=N–C) groups is 1. The van der Waals surface area contributed by atoms with E-state index in [-0.39, 0.29) is 30.2 Å². The van der Waals surface area contributed by atoms with Crippen molar-refractivity contribution in [2.75, 3.05) is 0 Å². The van der Waals surface area contributed by atoms with E-state index >= 15 is 0 Å². The van der Waals surface area contributed by atoms with Gasteiger partial charge in [-0.3, -0.25) is 0 Å². The zero-order chi connectivity index (χ0) is 16.4. The second kappa shape index (κ2) is 9.01. The van der Waals surface area contributed by atoms with Crippen molar-refractivity contribution < 1.29 is 20.4 Å². The molecule has 25 heavy (non-hydrogen) atoms. The fraction of sp³-hybridized carbons (Fsp3) is 0.190. The fourth-order valence-corrected chi connectivity index (χ4v) is 3.71. The molecule has 0 fully saturated rings. The summed E-state index contributed by atoms with van der Waals surface area (Å²) in [6, 6.07) is 21.1. The summed E-state index contributed by atoms with van der Waals surface area (Å²) in [5.41, 5.74) is 3.72. The third-order valence-electron chi connectivity index (χ3n) is 4.01. The van der Waals surface area contributed by atoms with Crippen LogP contribution in [0.25, 0.3) is 10.8 Å². The number of halogens is 2. The van der Waals surface area contributed by atoms with Gasteiger partial charge in [0.1, 0.15) is 0 Å². The molecule has 0 unspecified atom stereocenters. The number of hydrogen-bond acceptors (Lipinski definition) is 1. The van der Waals surface area contributed by atoms with Gasteiger partial charge in [-0.25, -0.2) is 0 Å². The van der Waals surface area contributed by atoms with E-state index in [4.69, 9.17) is 4.99 Å². The van der Waals surface area contributed by atoms with Crippen LogP contribution in [-0.4, -0.2) is 6.21 Å². The molecule has 0 spiro atoms. The summed E-state index contributed by atoms with van der Waals surface area (Å²) in [6.45, 7) is 6.75. The molecule has 0 N–H and O–H groups in total. The van der Waals surface area contributed by atoms with Crippen molar-refractivity contribution >= 4 is 51.4 Å². The molecule has 4 heteroatoms. The van der Waals surface area contributed by atoms with E-state index in [0.717, 1.165) is 5.69 Å². The molecule has 0 atom stereocenters. The van der Waals surface area contributed by atoms with Crippen LogP contribution in [-0.2, 0) is 25.9 Å². The van der Waals surface area contributed by atoms with Crippen molar-refractivity contribution in [1.29, 1.82) is 0 Å². The first-order chi connectivity index (χ1) is 11.0. The largest absolute Gasteiger partial charge is 0.147 e. The third kappa shape index (κ3) is 4.95. The Balaban J connectivity index is 0.00000156. The molecule has 0 aliphatic heterocycles. The molecule has 0 saturated carbocycles. The molecule has 3 aromatic rings. The minimum Gasteiger partial charge on any atom is -0.147 e. The van der Waals surface area contributed by atoms with E-state index in [0.29, 0.717) is 0 Å². The zero-order valence-electron chi connectivity index (χ0n) is 14.6. The number of rotatable bonds is 2. The standard InChI is InChI=1S/C21H20N.2ClH.Ti/c1-21(2,3)18-11-6-8-16(14-18)15-22-20-13-7-10-17-9-4-5-12-19(17)20;;;/h4-13,15H,1-3H3;2*1H;. The van der Waals surface area contributed by atoms with Crippen molar-refractivity contribution in [2.45, 2.75) is 26.2 Å². The maximum atomic E-state index is 4.76. The van der Waals surface area contributed by atoms with Crippen LogP contribution in [0.1, 0.15) is 31.9 Å². The van der Waals surface area contributed by atoms with Gasteiger partial charge in [0.05, 0.1) is 0 Å². The summed E-state index contributed by atoms with van der Waals surface area (Å²) in [5.74, 6) is 0. The minimum atomic E-state index is 0. The summed E-state index contributed by atoms with van der Waals surface area (Å²) in [5, 5.41) is 2.41. The first kappa shape index (κ1) is 21.9. The molecule has 0 heterocycles. The molecular weight excluding hydrogens is 385 g/mol. The molecule has 0 saturated heterocycles. The van der Waals surface area contributed by atoms with Crippen molar-refractivity contribution in [3.8, 4) is 0 Å². The summed E-state index contributed by atoms with van der Waals surface area (Å²) >= 11 is 2.19. The number of benzene rings is 3. The molecular formula is C21H22Cl2NTi. The maximum absolute atomic E-state index is 4.76. The van der Waals surface area contributed by atoms with Gasteiger partial charge in [-0.1, -0.05) is 0 Å². The van der Waals surface area contributed by atoms with E-state index in [1.165, 1.54) is 25.8 Å². The Hall–Kier alpha value is -1.12. The quantitative estimate of drug-likeness (QED) is 0.370. The van der Waals surface area contributed by atoms with Gasteiger partial charge in [0.2, 0.25) is 0 Å². The average molecular weight is 407 g/mol. The smallest absolute Gasteiger partial charge is 0.147 e.